The van der Waals surface area contributed by atoms with Crippen molar-refractivity contribution in [1.82, 2.24) is 9.80 Å². The van der Waals surface area contributed by atoms with Gasteiger partial charge in [-0.3, -0.25) is 14.5 Å². The molecule has 0 aliphatic rings. The Labute approximate surface area is 181 Å². The van der Waals surface area contributed by atoms with E-state index in [0.717, 1.165) is 25.3 Å². The fraction of sp³-hybridized carbons (Fsp3) is 0.905. The normalized spacial score (nSPS) is 13.0. The van der Waals surface area contributed by atoms with E-state index in [1.165, 1.54) is 0 Å². The lowest BCUT2D eigenvalue weighted by Gasteiger charge is -2.33. The summed E-state index contributed by atoms with van der Waals surface area (Å²) in [5, 5.41) is 0. The summed E-state index contributed by atoms with van der Waals surface area (Å²) in [7, 11) is 7.43. The van der Waals surface area contributed by atoms with Gasteiger partial charge in [0, 0.05) is 42.6 Å². The van der Waals surface area contributed by atoms with Gasteiger partial charge in [0.25, 0.3) is 0 Å². The standard InChI is InChI=1S/C21H42N2O3S2/c1-19(2,3)18(25)26-15-16-27-28-21(7,8)12-11-17(24)22(9)13-14-23(10)20(4,5)6/h11-16H2,1-10H3. The van der Waals surface area contributed by atoms with Crippen LogP contribution in [0.2, 0.25) is 0 Å². The van der Waals surface area contributed by atoms with E-state index in [0.29, 0.717) is 13.0 Å². The van der Waals surface area contributed by atoms with E-state index in [4.69, 9.17) is 4.74 Å². The molecule has 0 spiro atoms. The predicted molar refractivity (Wildman–Crippen MR) is 124 cm³/mol. The van der Waals surface area contributed by atoms with Crippen molar-refractivity contribution in [3.8, 4) is 0 Å². The molecule has 0 atom stereocenters. The van der Waals surface area contributed by atoms with Crippen LogP contribution in [0, 0.1) is 5.41 Å². The Morgan fingerprint density at radius 3 is 2.00 bits per heavy atom. The Kier molecular flexibility index (Phi) is 11.5. The van der Waals surface area contributed by atoms with Crippen LogP contribution >= 0.6 is 21.6 Å². The minimum Gasteiger partial charge on any atom is -0.464 e. The van der Waals surface area contributed by atoms with Crippen LogP contribution in [0.25, 0.3) is 0 Å². The number of amides is 1. The largest absolute Gasteiger partial charge is 0.464 e. The van der Waals surface area contributed by atoms with Gasteiger partial charge in [-0.2, -0.15) is 0 Å². The van der Waals surface area contributed by atoms with Crippen molar-refractivity contribution < 1.29 is 14.3 Å². The van der Waals surface area contributed by atoms with Crippen molar-refractivity contribution >= 4 is 33.5 Å². The maximum atomic E-state index is 12.4. The third-order valence-electron chi connectivity index (χ3n) is 4.58. The molecule has 0 saturated carbocycles. The quantitative estimate of drug-likeness (QED) is 0.267. The molecular weight excluding hydrogens is 392 g/mol. The van der Waals surface area contributed by atoms with Crippen LogP contribution in [0.4, 0.5) is 0 Å². The zero-order chi connectivity index (χ0) is 22.2. The molecule has 0 bridgehead atoms. The van der Waals surface area contributed by atoms with Crippen molar-refractivity contribution in [3.05, 3.63) is 0 Å². The molecule has 0 aromatic rings. The summed E-state index contributed by atoms with van der Waals surface area (Å²) in [4.78, 5) is 28.3. The molecule has 166 valence electrons. The number of ether oxygens (including phenoxy) is 1. The fourth-order valence-corrected chi connectivity index (χ4v) is 4.39. The summed E-state index contributed by atoms with van der Waals surface area (Å²) < 4.78 is 5.28. The lowest BCUT2D eigenvalue weighted by Crippen LogP contribution is -2.43. The predicted octanol–water partition coefficient (Wildman–Crippen LogP) is 4.70. The second kappa shape index (κ2) is 11.7. The van der Waals surface area contributed by atoms with Gasteiger partial charge in [-0.25, -0.2) is 0 Å². The highest BCUT2D eigenvalue weighted by atomic mass is 33.1. The first-order valence-corrected chi connectivity index (χ1v) is 12.3. The molecule has 0 aliphatic heterocycles. The van der Waals surface area contributed by atoms with Crippen molar-refractivity contribution in [2.45, 2.75) is 78.5 Å². The number of carbonyl (C=O) groups excluding carboxylic acids is 2. The van der Waals surface area contributed by atoms with Gasteiger partial charge in [-0.1, -0.05) is 21.6 Å². The summed E-state index contributed by atoms with van der Waals surface area (Å²) in [6, 6.07) is 0. The van der Waals surface area contributed by atoms with Crippen molar-refractivity contribution in [2.24, 2.45) is 5.41 Å². The molecular formula is C21H42N2O3S2. The molecule has 5 nitrogen and oxygen atoms in total. The zero-order valence-electron chi connectivity index (χ0n) is 19.7. The lowest BCUT2D eigenvalue weighted by molar-refractivity contribution is -0.152. The first-order valence-electron chi connectivity index (χ1n) is 9.99. The first kappa shape index (κ1) is 27.6. The summed E-state index contributed by atoms with van der Waals surface area (Å²) in [6.07, 6.45) is 1.38. The average Bonchev–Trinajstić information content (AvgIpc) is 2.54. The van der Waals surface area contributed by atoms with E-state index >= 15 is 0 Å². The molecule has 0 saturated heterocycles. The van der Waals surface area contributed by atoms with E-state index in [1.54, 1.807) is 21.6 Å². The number of esters is 1. The summed E-state index contributed by atoms with van der Waals surface area (Å²) >= 11 is 0. The van der Waals surface area contributed by atoms with E-state index in [1.807, 2.05) is 32.7 Å². The monoisotopic (exact) mass is 434 g/mol. The van der Waals surface area contributed by atoms with E-state index in [2.05, 4.69) is 46.6 Å². The van der Waals surface area contributed by atoms with Gasteiger partial charge in [0.15, 0.2) is 0 Å². The second-order valence-electron chi connectivity index (χ2n) is 9.96. The Morgan fingerprint density at radius 1 is 0.929 bits per heavy atom. The molecule has 0 heterocycles. The van der Waals surface area contributed by atoms with Gasteiger partial charge in [0.05, 0.1) is 5.41 Å². The number of nitrogens with zero attached hydrogens (tertiary/aromatic N) is 2. The summed E-state index contributed by atoms with van der Waals surface area (Å²) in [6.45, 7) is 18.5. The van der Waals surface area contributed by atoms with E-state index < -0.39 is 5.41 Å². The molecule has 28 heavy (non-hydrogen) atoms. The third-order valence-corrected chi connectivity index (χ3v) is 7.89. The fourth-order valence-electron chi connectivity index (χ4n) is 1.99. The molecule has 0 aromatic carbocycles. The second-order valence-corrected chi connectivity index (χ2v) is 13.1. The molecule has 0 radical (unpaired) electrons. The number of hydrogen-bond donors (Lipinski definition) is 0. The topological polar surface area (TPSA) is 49.9 Å². The van der Waals surface area contributed by atoms with Gasteiger partial charge in [-0.05, 0) is 68.9 Å². The van der Waals surface area contributed by atoms with Crippen LogP contribution in [0.1, 0.15) is 68.2 Å². The van der Waals surface area contributed by atoms with Crippen LogP contribution in [-0.4, -0.2) is 71.5 Å². The van der Waals surface area contributed by atoms with Gasteiger partial charge in [0.1, 0.15) is 6.61 Å². The molecule has 0 N–H and O–H groups in total. The highest BCUT2D eigenvalue weighted by Crippen LogP contribution is 2.38. The van der Waals surface area contributed by atoms with Gasteiger partial charge in [0.2, 0.25) is 5.91 Å². The smallest absolute Gasteiger partial charge is 0.311 e. The maximum absolute atomic E-state index is 12.4. The average molecular weight is 435 g/mol. The van der Waals surface area contributed by atoms with Crippen molar-refractivity contribution in [2.75, 3.05) is 39.5 Å². The molecule has 0 aromatic heterocycles. The van der Waals surface area contributed by atoms with Crippen LogP contribution in [0.3, 0.4) is 0 Å². The number of hydrogen-bond acceptors (Lipinski definition) is 6. The Balaban J connectivity index is 4.10. The van der Waals surface area contributed by atoms with Crippen molar-refractivity contribution in [1.29, 1.82) is 0 Å². The Hall–Kier alpha value is -0.400. The summed E-state index contributed by atoms with van der Waals surface area (Å²) in [5.74, 6) is 0.784. The molecule has 0 rings (SSSR count). The lowest BCUT2D eigenvalue weighted by atomic mass is 9.97. The number of likely N-dealkylation sites (N-methyl/N-ethyl adjacent to an activating group) is 2. The maximum Gasteiger partial charge on any atom is 0.311 e. The zero-order valence-corrected chi connectivity index (χ0v) is 21.3. The Bertz CT molecular complexity index is 497. The highest BCUT2D eigenvalue weighted by Gasteiger charge is 2.24. The van der Waals surface area contributed by atoms with E-state index in [9.17, 15) is 9.59 Å². The minimum atomic E-state index is -0.453. The summed E-state index contributed by atoms with van der Waals surface area (Å²) in [5.41, 5.74) is -0.341. The van der Waals surface area contributed by atoms with Gasteiger partial charge < -0.3 is 9.64 Å². The van der Waals surface area contributed by atoms with Crippen LogP contribution in [0.15, 0.2) is 0 Å². The molecule has 7 heteroatoms. The van der Waals surface area contributed by atoms with E-state index in [-0.39, 0.29) is 22.2 Å². The van der Waals surface area contributed by atoms with Gasteiger partial charge >= 0.3 is 5.97 Å². The third kappa shape index (κ3) is 12.2. The molecule has 0 fully saturated rings. The highest BCUT2D eigenvalue weighted by molar-refractivity contribution is 8.77. The molecule has 1 amide bonds. The first-order chi connectivity index (χ1) is 12.6. The van der Waals surface area contributed by atoms with Crippen molar-refractivity contribution in [3.63, 3.8) is 0 Å². The SMILES string of the molecule is CN(CCN(C)C(C)(C)C)C(=O)CCC(C)(C)SSCCOC(=O)C(C)(C)C. The number of carbonyl (C=O) groups is 2. The van der Waals surface area contributed by atoms with Crippen LogP contribution in [-0.2, 0) is 14.3 Å². The van der Waals surface area contributed by atoms with Gasteiger partial charge in [-0.15, -0.1) is 0 Å². The van der Waals surface area contributed by atoms with Crippen LogP contribution < -0.4 is 0 Å². The molecule has 0 unspecified atom stereocenters. The van der Waals surface area contributed by atoms with Crippen LogP contribution in [0.5, 0.6) is 0 Å². The molecule has 0 aliphatic carbocycles. The Morgan fingerprint density at radius 2 is 1.50 bits per heavy atom. The number of rotatable bonds is 11. The minimum absolute atomic E-state index is 0.00258.